The fourth-order valence-corrected chi connectivity index (χ4v) is 3.93. The highest BCUT2D eigenvalue weighted by Gasteiger charge is 2.43. The van der Waals surface area contributed by atoms with Crippen molar-refractivity contribution in [3.63, 3.8) is 0 Å². The zero-order valence-corrected chi connectivity index (χ0v) is 20.1. The summed E-state index contributed by atoms with van der Waals surface area (Å²) in [4.78, 5) is 52.0. The second-order valence-electron chi connectivity index (χ2n) is 7.41. The van der Waals surface area contributed by atoms with Crippen LogP contribution in [0.1, 0.15) is 12.0 Å². The van der Waals surface area contributed by atoms with Gasteiger partial charge in [0.25, 0.3) is 5.91 Å². The van der Waals surface area contributed by atoms with Crippen LogP contribution >= 0.6 is 15.9 Å². The monoisotopic (exact) mass is 530 g/mol. The summed E-state index contributed by atoms with van der Waals surface area (Å²) in [6.45, 7) is 0.0795. The van der Waals surface area contributed by atoms with Crippen LogP contribution in [0.4, 0.5) is 5.69 Å². The molecule has 0 bridgehead atoms. The first-order valence-electron chi connectivity index (χ1n) is 10.3. The van der Waals surface area contributed by atoms with Crippen molar-refractivity contribution in [1.29, 1.82) is 0 Å². The summed E-state index contributed by atoms with van der Waals surface area (Å²) in [5.41, 5.74) is 1.20. The number of carbonyl (C=O) groups excluding carboxylic acids is 3. The van der Waals surface area contributed by atoms with E-state index in [1.807, 2.05) is 0 Å². The second-order valence-corrected chi connectivity index (χ2v) is 8.32. The molecule has 0 radical (unpaired) electrons. The molecule has 1 heterocycles. The van der Waals surface area contributed by atoms with Gasteiger partial charge in [-0.2, -0.15) is 0 Å². The van der Waals surface area contributed by atoms with Gasteiger partial charge in [-0.3, -0.25) is 14.4 Å². The molecule has 2 aromatic carbocycles. The van der Waals surface area contributed by atoms with Gasteiger partial charge in [-0.25, -0.2) is 9.69 Å². The number of carbonyl (C=O) groups is 4. The lowest BCUT2D eigenvalue weighted by Gasteiger charge is -2.26. The van der Waals surface area contributed by atoms with Crippen molar-refractivity contribution in [3.05, 3.63) is 64.7 Å². The van der Waals surface area contributed by atoms with Gasteiger partial charge in [0.05, 0.1) is 26.3 Å². The van der Waals surface area contributed by atoms with E-state index in [0.29, 0.717) is 29.7 Å². The highest BCUT2D eigenvalue weighted by atomic mass is 79.9. The van der Waals surface area contributed by atoms with Gasteiger partial charge >= 0.3 is 5.97 Å². The summed E-state index contributed by atoms with van der Waals surface area (Å²) in [5, 5.41) is 8.92. The Morgan fingerprint density at radius 1 is 1.09 bits per heavy atom. The Hall–Kier alpha value is -3.66. The van der Waals surface area contributed by atoms with Crippen LogP contribution < -0.4 is 14.4 Å². The molecule has 2 aromatic rings. The molecule has 34 heavy (non-hydrogen) atoms. The molecule has 1 saturated heterocycles. The van der Waals surface area contributed by atoms with Crippen molar-refractivity contribution in [2.75, 3.05) is 25.7 Å². The first kappa shape index (κ1) is 25.0. The molecular formula is C24H23BrN2O7. The number of imide groups is 1. The molecule has 3 amide bonds. The minimum atomic E-state index is -1.29. The molecule has 0 aromatic heterocycles. The number of hydrogen-bond acceptors (Lipinski definition) is 6. The minimum Gasteiger partial charge on any atom is -0.493 e. The van der Waals surface area contributed by atoms with Crippen molar-refractivity contribution in [2.24, 2.45) is 0 Å². The van der Waals surface area contributed by atoms with E-state index in [-0.39, 0.29) is 13.0 Å². The molecule has 1 aliphatic heterocycles. The largest absolute Gasteiger partial charge is 0.493 e. The Balaban J connectivity index is 1.86. The number of anilines is 1. The fourth-order valence-electron chi connectivity index (χ4n) is 3.66. The maximum Gasteiger partial charge on any atom is 0.328 e. The number of halogens is 1. The standard InChI is InChI=1S/C24H23BrN2O7/c1-33-19-8-3-15(13-20(19)34-2)11-12-26(21(28)9-10-23(30)31)18-14-22(29)27(24(18)32)17-6-4-16(25)5-7-17/h3-10,13,18H,11-12,14H2,1-2H3,(H,30,31)/b10-9-/t18-/m1/s1. The normalized spacial score (nSPS) is 15.6. The van der Waals surface area contributed by atoms with E-state index < -0.39 is 29.7 Å². The number of aliphatic carboxylic acids is 1. The van der Waals surface area contributed by atoms with Crippen LogP contribution in [0.25, 0.3) is 0 Å². The molecule has 0 saturated carbocycles. The Morgan fingerprint density at radius 3 is 2.38 bits per heavy atom. The van der Waals surface area contributed by atoms with Crippen molar-refractivity contribution < 1.29 is 33.8 Å². The lowest BCUT2D eigenvalue weighted by atomic mass is 10.1. The van der Waals surface area contributed by atoms with Gasteiger partial charge in [0.2, 0.25) is 11.8 Å². The quantitative estimate of drug-likeness (QED) is 0.391. The summed E-state index contributed by atoms with van der Waals surface area (Å²) in [7, 11) is 3.03. The van der Waals surface area contributed by atoms with E-state index >= 15 is 0 Å². The fraction of sp³-hybridized carbons (Fsp3) is 0.250. The van der Waals surface area contributed by atoms with Crippen LogP contribution in [0.5, 0.6) is 11.5 Å². The van der Waals surface area contributed by atoms with E-state index in [4.69, 9.17) is 14.6 Å². The summed E-state index contributed by atoms with van der Waals surface area (Å²) < 4.78 is 11.3. The number of rotatable bonds is 9. The van der Waals surface area contributed by atoms with Gasteiger partial charge in [-0.05, 0) is 48.4 Å². The summed E-state index contributed by atoms with van der Waals surface area (Å²) in [5.74, 6) is -1.90. The predicted molar refractivity (Wildman–Crippen MR) is 127 cm³/mol. The zero-order chi connectivity index (χ0) is 24.8. The molecule has 9 nitrogen and oxygen atoms in total. The van der Waals surface area contributed by atoms with Crippen LogP contribution in [0.15, 0.2) is 59.1 Å². The molecule has 1 aliphatic rings. The maximum atomic E-state index is 13.2. The van der Waals surface area contributed by atoms with Gasteiger partial charge in [-0.1, -0.05) is 22.0 Å². The lowest BCUT2D eigenvalue weighted by Crippen LogP contribution is -2.46. The third-order valence-corrected chi connectivity index (χ3v) is 5.85. The van der Waals surface area contributed by atoms with Crippen LogP contribution in [0.3, 0.4) is 0 Å². The highest BCUT2D eigenvalue weighted by Crippen LogP contribution is 2.29. The second kappa shape index (κ2) is 11.0. The number of hydrogen-bond donors (Lipinski definition) is 1. The first-order valence-corrected chi connectivity index (χ1v) is 11.1. The van der Waals surface area contributed by atoms with Crippen molar-refractivity contribution in [1.82, 2.24) is 4.90 Å². The number of benzene rings is 2. The number of carboxylic acids is 1. The molecule has 10 heteroatoms. The minimum absolute atomic E-state index is 0.0795. The van der Waals surface area contributed by atoms with Crippen LogP contribution in [-0.2, 0) is 25.6 Å². The lowest BCUT2D eigenvalue weighted by molar-refractivity contribution is -0.135. The van der Waals surface area contributed by atoms with Crippen LogP contribution in [0, 0.1) is 0 Å². The molecule has 3 rings (SSSR count). The molecular weight excluding hydrogens is 508 g/mol. The van der Waals surface area contributed by atoms with E-state index in [1.165, 1.54) is 19.1 Å². The van der Waals surface area contributed by atoms with Crippen LogP contribution in [0.2, 0.25) is 0 Å². The molecule has 178 valence electrons. The number of amides is 3. The number of nitrogens with zero attached hydrogens (tertiary/aromatic N) is 2. The average Bonchev–Trinajstić information content (AvgIpc) is 3.11. The summed E-state index contributed by atoms with van der Waals surface area (Å²) >= 11 is 3.32. The Kier molecular flexibility index (Phi) is 8.06. The molecule has 0 aliphatic carbocycles. The Morgan fingerprint density at radius 2 is 1.76 bits per heavy atom. The third-order valence-electron chi connectivity index (χ3n) is 5.32. The van der Waals surface area contributed by atoms with Gasteiger partial charge < -0.3 is 19.5 Å². The maximum absolute atomic E-state index is 13.2. The molecule has 1 atom stereocenters. The van der Waals surface area contributed by atoms with Gasteiger partial charge in [0.1, 0.15) is 6.04 Å². The summed E-state index contributed by atoms with van der Waals surface area (Å²) in [6.07, 6.45) is 1.73. The van der Waals surface area contributed by atoms with Gasteiger partial charge in [0, 0.05) is 23.2 Å². The SMILES string of the molecule is COc1ccc(CCN(C(=O)/C=C\C(=O)O)[C@@H]2CC(=O)N(c3ccc(Br)cc3)C2=O)cc1OC. The van der Waals surface area contributed by atoms with Crippen molar-refractivity contribution >= 4 is 45.3 Å². The summed E-state index contributed by atoms with van der Waals surface area (Å²) in [6, 6.07) is 10.9. The van der Waals surface area contributed by atoms with E-state index in [0.717, 1.165) is 21.0 Å². The average molecular weight is 531 g/mol. The Labute approximate surface area is 204 Å². The Bertz CT molecular complexity index is 1130. The number of ether oxygens (including phenoxy) is 2. The highest BCUT2D eigenvalue weighted by molar-refractivity contribution is 9.10. The third kappa shape index (κ3) is 5.63. The molecule has 0 unspecified atom stereocenters. The molecule has 0 spiro atoms. The molecule has 1 N–H and O–H groups in total. The number of carboxylic acid groups (broad SMARTS) is 1. The van der Waals surface area contributed by atoms with Crippen LogP contribution in [-0.4, -0.2) is 60.5 Å². The number of methoxy groups -OCH3 is 2. The first-order chi connectivity index (χ1) is 16.2. The smallest absolute Gasteiger partial charge is 0.328 e. The van der Waals surface area contributed by atoms with E-state index in [2.05, 4.69) is 15.9 Å². The van der Waals surface area contributed by atoms with E-state index in [9.17, 15) is 19.2 Å². The van der Waals surface area contributed by atoms with Gasteiger partial charge in [0.15, 0.2) is 11.5 Å². The topological polar surface area (TPSA) is 113 Å². The van der Waals surface area contributed by atoms with E-state index in [1.54, 1.807) is 42.5 Å². The van der Waals surface area contributed by atoms with Crippen molar-refractivity contribution in [3.8, 4) is 11.5 Å². The van der Waals surface area contributed by atoms with Gasteiger partial charge in [-0.15, -0.1) is 0 Å². The molecule has 1 fully saturated rings. The predicted octanol–water partition coefficient (Wildman–Crippen LogP) is 2.81. The zero-order valence-electron chi connectivity index (χ0n) is 18.6. The van der Waals surface area contributed by atoms with Crippen molar-refractivity contribution in [2.45, 2.75) is 18.9 Å².